The highest BCUT2D eigenvalue weighted by Gasteiger charge is 2.17. The van der Waals surface area contributed by atoms with Gasteiger partial charge in [-0.15, -0.1) is 5.10 Å². The van der Waals surface area contributed by atoms with Gasteiger partial charge in [0.15, 0.2) is 0 Å². The van der Waals surface area contributed by atoms with Gasteiger partial charge in [-0.2, -0.15) is 0 Å². The second kappa shape index (κ2) is 5.62. The van der Waals surface area contributed by atoms with Gasteiger partial charge in [0.25, 0.3) is 5.56 Å². The zero-order valence-electron chi connectivity index (χ0n) is 10.2. The lowest BCUT2D eigenvalue weighted by atomic mass is 9.88. The van der Waals surface area contributed by atoms with E-state index in [-0.39, 0.29) is 11.2 Å². The van der Waals surface area contributed by atoms with E-state index in [1.165, 1.54) is 0 Å². The molecule has 1 heterocycles. The van der Waals surface area contributed by atoms with Gasteiger partial charge in [-0.3, -0.25) is 9.78 Å². The summed E-state index contributed by atoms with van der Waals surface area (Å²) < 4.78 is 0. The first-order valence-corrected chi connectivity index (χ1v) is 5.57. The monoisotopic (exact) mass is 241 g/mol. The van der Waals surface area contributed by atoms with Crippen LogP contribution < -0.4 is 22.3 Å². The number of nitrogens with one attached hydrogen (secondary N) is 3. The lowest BCUT2D eigenvalue weighted by molar-refractivity contribution is 0.349. The van der Waals surface area contributed by atoms with Crippen LogP contribution in [0.1, 0.15) is 26.7 Å². The molecular formula is C10H19N5O2. The number of rotatable bonds is 6. The van der Waals surface area contributed by atoms with E-state index in [2.05, 4.69) is 34.3 Å². The molecule has 7 heteroatoms. The van der Waals surface area contributed by atoms with E-state index in [1.54, 1.807) is 0 Å². The normalized spacial score (nSPS) is 11.5. The Morgan fingerprint density at radius 2 is 2.12 bits per heavy atom. The maximum Gasteiger partial charge on any atom is 0.342 e. The standard InChI is InChI=1S/C10H19N5O2/c1-10(2,4-3-5-11)6-12-7-8(16)13-9(17)15-14-7/h3-6,11H2,1-2H3,(H,12,14)(H2,13,15,16,17). The highest BCUT2D eigenvalue weighted by Crippen LogP contribution is 2.21. The lowest BCUT2D eigenvalue weighted by Crippen LogP contribution is -2.31. The summed E-state index contributed by atoms with van der Waals surface area (Å²) in [5.74, 6) is 0.130. The Bertz CT molecular complexity index is 462. The van der Waals surface area contributed by atoms with Crippen LogP contribution in [0, 0.1) is 5.41 Å². The molecule has 5 N–H and O–H groups in total. The summed E-state index contributed by atoms with van der Waals surface area (Å²) in [7, 11) is 0. The predicted octanol–water partition coefficient (Wildman–Crippen LogP) is -0.365. The van der Waals surface area contributed by atoms with Crippen molar-refractivity contribution in [2.24, 2.45) is 11.1 Å². The average molecular weight is 241 g/mol. The summed E-state index contributed by atoms with van der Waals surface area (Å²) in [4.78, 5) is 24.2. The van der Waals surface area contributed by atoms with Crippen molar-refractivity contribution in [1.82, 2.24) is 15.2 Å². The second-order valence-electron chi connectivity index (χ2n) is 4.77. The minimum absolute atomic E-state index is 0.0175. The molecule has 7 nitrogen and oxygen atoms in total. The van der Waals surface area contributed by atoms with E-state index in [4.69, 9.17) is 5.73 Å². The lowest BCUT2D eigenvalue weighted by Gasteiger charge is -2.24. The van der Waals surface area contributed by atoms with Crippen molar-refractivity contribution in [3.8, 4) is 0 Å². The quantitative estimate of drug-likeness (QED) is 0.542. The molecule has 1 aromatic heterocycles. The number of aromatic nitrogens is 3. The highest BCUT2D eigenvalue weighted by atomic mass is 16.2. The summed E-state index contributed by atoms with van der Waals surface area (Å²) in [5, 5.41) is 8.74. The van der Waals surface area contributed by atoms with Gasteiger partial charge in [-0.05, 0) is 24.8 Å². The third kappa shape index (κ3) is 4.39. The van der Waals surface area contributed by atoms with Gasteiger partial charge in [-0.1, -0.05) is 13.8 Å². The van der Waals surface area contributed by atoms with Crippen molar-refractivity contribution in [1.29, 1.82) is 0 Å². The summed E-state index contributed by atoms with van der Waals surface area (Å²) in [6.45, 7) is 5.40. The van der Waals surface area contributed by atoms with Gasteiger partial charge in [0.05, 0.1) is 0 Å². The number of hydrogen-bond acceptors (Lipinski definition) is 5. The molecular weight excluding hydrogens is 222 g/mol. The number of H-pyrrole nitrogens is 2. The molecule has 1 aromatic rings. The second-order valence-corrected chi connectivity index (χ2v) is 4.77. The average Bonchev–Trinajstić information content (AvgIpc) is 2.25. The largest absolute Gasteiger partial charge is 0.364 e. The molecule has 0 radical (unpaired) electrons. The summed E-state index contributed by atoms with van der Waals surface area (Å²) in [6.07, 6.45) is 1.89. The fraction of sp³-hybridized carbons (Fsp3) is 0.700. The van der Waals surface area contributed by atoms with Crippen LogP contribution in [0.5, 0.6) is 0 Å². The van der Waals surface area contributed by atoms with Gasteiger partial charge in [0.2, 0.25) is 5.82 Å². The molecule has 0 unspecified atom stereocenters. The van der Waals surface area contributed by atoms with E-state index in [0.29, 0.717) is 13.1 Å². The Kier molecular flexibility index (Phi) is 4.45. The Morgan fingerprint density at radius 3 is 2.71 bits per heavy atom. The number of aromatic amines is 2. The maximum atomic E-state index is 11.4. The van der Waals surface area contributed by atoms with Gasteiger partial charge < -0.3 is 11.1 Å². The van der Waals surface area contributed by atoms with Gasteiger partial charge >= 0.3 is 5.69 Å². The Morgan fingerprint density at radius 1 is 1.41 bits per heavy atom. The van der Waals surface area contributed by atoms with Gasteiger partial charge in [-0.25, -0.2) is 9.89 Å². The van der Waals surface area contributed by atoms with Crippen LogP contribution in [-0.4, -0.2) is 28.3 Å². The van der Waals surface area contributed by atoms with Gasteiger partial charge in [0, 0.05) is 6.54 Å². The summed E-state index contributed by atoms with van der Waals surface area (Å²) in [6, 6.07) is 0. The minimum Gasteiger partial charge on any atom is -0.364 e. The first kappa shape index (κ1) is 13.4. The van der Waals surface area contributed by atoms with Gasteiger partial charge in [0.1, 0.15) is 0 Å². The molecule has 0 saturated heterocycles. The molecule has 0 aliphatic rings. The molecule has 0 fully saturated rings. The summed E-state index contributed by atoms with van der Waals surface area (Å²) >= 11 is 0. The number of nitrogens with two attached hydrogens (primary N) is 1. The fourth-order valence-electron chi connectivity index (χ4n) is 1.46. The van der Waals surface area contributed by atoms with E-state index in [0.717, 1.165) is 12.8 Å². The molecule has 17 heavy (non-hydrogen) atoms. The van der Waals surface area contributed by atoms with Crippen LogP contribution >= 0.6 is 0 Å². The van der Waals surface area contributed by atoms with Crippen molar-refractivity contribution >= 4 is 5.82 Å². The Labute approximate surface area is 98.8 Å². The van der Waals surface area contributed by atoms with Crippen LogP contribution in [0.4, 0.5) is 5.82 Å². The SMILES string of the molecule is CC(C)(CCCN)CNc1n[nH]c(=O)[nH]c1=O. The van der Waals surface area contributed by atoms with Crippen molar-refractivity contribution < 1.29 is 0 Å². The summed E-state index contributed by atoms with van der Waals surface area (Å²) in [5.41, 5.74) is 4.35. The van der Waals surface area contributed by atoms with Crippen LogP contribution in [0.2, 0.25) is 0 Å². The van der Waals surface area contributed by atoms with Crippen LogP contribution in [-0.2, 0) is 0 Å². The zero-order valence-corrected chi connectivity index (χ0v) is 10.2. The third-order valence-electron chi connectivity index (χ3n) is 2.50. The molecule has 0 saturated carbocycles. The smallest absolute Gasteiger partial charge is 0.342 e. The molecule has 0 spiro atoms. The molecule has 96 valence electrons. The molecule has 0 aliphatic heterocycles. The molecule has 0 bridgehead atoms. The third-order valence-corrected chi connectivity index (χ3v) is 2.50. The van der Waals surface area contributed by atoms with E-state index in [9.17, 15) is 9.59 Å². The maximum absolute atomic E-state index is 11.4. The van der Waals surface area contributed by atoms with Crippen LogP contribution in [0.25, 0.3) is 0 Å². The Hall–Kier alpha value is -1.63. The highest BCUT2D eigenvalue weighted by molar-refractivity contribution is 5.28. The Balaban J connectivity index is 2.61. The van der Waals surface area contributed by atoms with Crippen molar-refractivity contribution in [2.45, 2.75) is 26.7 Å². The molecule has 0 aliphatic carbocycles. The molecule has 0 aromatic carbocycles. The molecule has 0 amide bonds. The molecule has 0 atom stereocenters. The first-order chi connectivity index (χ1) is 7.94. The number of anilines is 1. The number of hydrogen-bond donors (Lipinski definition) is 4. The minimum atomic E-state index is -0.608. The van der Waals surface area contributed by atoms with Crippen molar-refractivity contribution in [3.63, 3.8) is 0 Å². The van der Waals surface area contributed by atoms with Crippen molar-refractivity contribution in [3.05, 3.63) is 20.8 Å². The van der Waals surface area contributed by atoms with E-state index < -0.39 is 11.2 Å². The topological polar surface area (TPSA) is 117 Å². The van der Waals surface area contributed by atoms with E-state index >= 15 is 0 Å². The first-order valence-electron chi connectivity index (χ1n) is 5.57. The van der Waals surface area contributed by atoms with Crippen molar-refractivity contribution in [2.75, 3.05) is 18.4 Å². The predicted molar refractivity (Wildman–Crippen MR) is 66.0 cm³/mol. The molecule has 1 rings (SSSR count). The van der Waals surface area contributed by atoms with Crippen LogP contribution in [0.15, 0.2) is 9.59 Å². The van der Waals surface area contributed by atoms with Crippen LogP contribution in [0.3, 0.4) is 0 Å². The number of nitrogens with zero attached hydrogens (tertiary/aromatic N) is 1. The fourth-order valence-corrected chi connectivity index (χ4v) is 1.46. The van der Waals surface area contributed by atoms with E-state index in [1.807, 2.05) is 0 Å². The zero-order chi connectivity index (χ0) is 12.9.